The maximum Gasteiger partial charge on any atom is 0.164 e. The van der Waals surface area contributed by atoms with Gasteiger partial charge in [0.25, 0.3) is 0 Å². The van der Waals surface area contributed by atoms with Crippen molar-refractivity contribution in [2.45, 2.75) is 0 Å². The lowest BCUT2D eigenvalue weighted by atomic mass is 10.0. The Labute approximate surface area is 371 Å². The standard InChI is InChI=1S/C59H35N5O/c1-2-18-43(19-3-1)63-49-23-11-8-20-44(49)47-32-41(28-29-51(47)63)58-60-57(40-27-26-36-14-4-5-15-37(36)30-40)61-59(62-58)42-34-53(56-46-22-10-13-25-54(46)65-55(56)35-42)64-50-24-12-9-21-45(50)48-31-38-16-6-7-17-39(38)33-52(48)64/h1-35H. The van der Waals surface area contributed by atoms with Gasteiger partial charge in [0, 0.05) is 49.3 Å². The molecule has 4 aromatic heterocycles. The summed E-state index contributed by atoms with van der Waals surface area (Å²) in [4.78, 5) is 16.0. The lowest BCUT2D eigenvalue weighted by Crippen LogP contribution is -2.02. The highest BCUT2D eigenvalue weighted by atomic mass is 16.3. The third-order valence-corrected chi connectivity index (χ3v) is 13.1. The molecule has 65 heavy (non-hydrogen) atoms. The Morgan fingerprint density at radius 2 is 0.846 bits per heavy atom. The molecule has 302 valence electrons. The molecule has 0 saturated carbocycles. The topological polar surface area (TPSA) is 61.7 Å². The average Bonchev–Trinajstić information content (AvgIpc) is 4.02. The Hall–Kier alpha value is -8.87. The summed E-state index contributed by atoms with van der Waals surface area (Å²) in [5.41, 5.74) is 10.8. The van der Waals surface area contributed by atoms with Crippen molar-refractivity contribution in [2.24, 2.45) is 0 Å². The minimum Gasteiger partial charge on any atom is -0.456 e. The molecule has 14 rings (SSSR count). The molecule has 0 fully saturated rings. The maximum atomic E-state index is 6.77. The van der Waals surface area contributed by atoms with Crippen molar-refractivity contribution in [2.75, 3.05) is 0 Å². The molecule has 0 radical (unpaired) electrons. The second-order valence-electron chi connectivity index (χ2n) is 16.8. The third kappa shape index (κ3) is 5.51. The Bertz CT molecular complexity index is 4250. The van der Waals surface area contributed by atoms with Crippen LogP contribution >= 0.6 is 0 Å². The summed E-state index contributed by atoms with van der Waals surface area (Å²) in [5, 5.41) is 11.4. The number of fused-ring (bicyclic) bond motifs is 11. The first-order chi connectivity index (χ1) is 32.2. The number of hydrogen-bond acceptors (Lipinski definition) is 4. The molecule has 10 aromatic carbocycles. The van der Waals surface area contributed by atoms with Gasteiger partial charge in [-0.3, -0.25) is 0 Å². The van der Waals surface area contributed by atoms with Gasteiger partial charge in [-0.2, -0.15) is 0 Å². The second kappa shape index (κ2) is 13.8. The van der Waals surface area contributed by atoms with Crippen LogP contribution in [-0.4, -0.2) is 24.1 Å². The molecule has 4 heterocycles. The first-order valence-corrected chi connectivity index (χ1v) is 21.9. The number of furan rings is 1. The second-order valence-corrected chi connectivity index (χ2v) is 16.8. The monoisotopic (exact) mass is 829 g/mol. The van der Waals surface area contributed by atoms with E-state index in [9.17, 15) is 0 Å². The van der Waals surface area contributed by atoms with Crippen LogP contribution in [0.3, 0.4) is 0 Å². The highest BCUT2D eigenvalue weighted by molar-refractivity contribution is 6.17. The van der Waals surface area contributed by atoms with Gasteiger partial charge in [0.15, 0.2) is 17.5 Å². The fraction of sp³-hybridized carbons (Fsp3) is 0. The van der Waals surface area contributed by atoms with E-state index >= 15 is 0 Å². The minimum absolute atomic E-state index is 0.555. The molecule has 0 spiro atoms. The zero-order valence-corrected chi connectivity index (χ0v) is 34.9. The number of rotatable bonds is 5. The SMILES string of the molecule is c1ccc(-n2c3ccccc3c3cc(-c4nc(-c5ccc6ccccc6c5)nc(-c5cc(-n6c7ccccc7c7cc8ccccc8cc76)c6c(c5)oc5ccccc56)n4)ccc32)cc1. The summed E-state index contributed by atoms with van der Waals surface area (Å²) >= 11 is 0. The van der Waals surface area contributed by atoms with Crippen molar-refractivity contribution in [3.05, 3.63) is 212 Å². The molecule has 0 aliphatic carbocycles. The van der Waals surface area contributed by atoms with E-state index < -0.39 is 0 Å². The van der Waals surface area contributed by atoms with Crippen molar-refractivity contribution >= 4 is 87.1 Å². The summed E-state index contributed by atoms with van der Waals surface area (Å²) in [5.74, 6) is 1.74. The minimum atomic E-state index is 0.555. The van der Waals surface area contributed by atoms with Gasteiger partial charge >= 0.3 is 0 Å². The Kier molecular flexibility index (Phi) is 7.59. The van der Waals surface area contributed by atoms with Crippen LogP contribution in [0.4, 0.5) is 0 Å². The van der Waals surface area contributed by atoms with E-state index in [0.29, 0.717) is 17.5 Å². The van der Waals surface area contributed by atoms with Crippen LogP contribution in [0.5, 0.6) is 0 Å². The normalized spacial score (nSPS) is 12.0. The number of hydrogen-bond donors (Lipinski definition) is 0. The molecular weight excluding hydrogens is 795 g/mol. The average molecular weight is 830 g/mol. The van der Waals surface area contributed by atoms with Crippen LogP contribution in [0.15, 0.2) is 217 Å². The zero-order valence-electron chi connectivity index (χ0n) is 34.9. The largest absolute Gasteiger partial charge is 0.456 e. The van der Waals surface area contributed by atoms with E-state index in [1.54, 1.807) is 0 Å². The molecule has 0 aliphatic heterocycles. The fourth-order valence-electron chi connectivity index (χ4n) is 10.1. The molecular formula is C59H35N5O. The van der Waals surface area contributed by atoms with Crippen LogP contribution in [0.25, 0.3) is 133 Å². The van der Waals surface area contributed by atoms with Crippen molar-refractivity contribution < 1.29 is 4.42 Å². The van der Waals surface area contributed by atoms with Crippen LogP contribution in [-0.2, 0) is 0 Å². The summed E-state index contributed by atoms with van der Waals surface area (Å²) < 4.78 is 11.5. The van der Waals surface area contributed by atoms with Crippen molar-refractivity contribution in [1.29, 1.82) is 0 Å². The number of aromatic nitrogens is 5. The molecule has 0 unspecified atom stereocenters. The molecule has 0 N–H and O–H groups in total. The van der Waals surface area contributed by atoms with Crippen LogP contribution in [0.2, 0.25) is 0 Å². The molecule has 0 bridgehead atoms. The van der Waals surface area contributed by atoms with Crippen molar-refractivity contribution in [3.8, 4) is 45.5 Å². The molecule has 6 nitrogen and oxygen atoms in total. The van der Waals surface area contributed by atoms with E-state index in [2.05, 4.69) is 209 Å². The molecule has 0 atom stereocenters. The summed E-state index contributed by atoms with van der Waals surface area (Å²) in [7, 11) is 0. The summed E-state index contributed by atoms with van der Waals surface area (Å²) in [6, 6.07) is 75.1. The predicted molar refractivity (Wildman–Crippen MR) is 267 cm³/mol. The Morgan fingerprint density at radius 1 is 0.308 bits per heavy atom. The highest BCUT2D eigenvalue weighted by Crippen LogP contribution is 2.42. The fourth-order valence-corrected chi connectivity index (χ4v) is 10.1. The lowest BCUT2D eigenvalue weighted by molar-refractivity contribution is 0.669. The molecule has 0 aliphatic rings. The number of nitrogens with zero attached hydrogens (tertiary/aromatic N) is 5. The van der Waals surface area contributed by atoms with Gasteiger partial charge in [-0.1, -0.05) is 133 Å². The van der Waals surface area contributed by atoms with Crippen molar-refractivity contribution in [3.63, 3.8) is 0 Å². The van der Waals surface area contributed by atoms with Gasteiger partial charge in [0.2, 0.25) is 0 Å². The quantitative estimate of drug-likeness (QED) is 0.173. The smallest absolute Gasteiger partial charge is 0.164 e. The van der Waals surface area contributed by atoms with E-state index in [0.717, 1.165) is 93.6 Å². The van der Waals surface area contributed by atoms with E-state index in [4.69, 9.17) is 19.4 Å². The van der Waals surface area contributed by atoms with Crippen LogP contribution in [0, 0.1) is 0 Å². The summed E-state index contributed by atoms with van der Waals surface area (Å²) in [6.45, 7) is 0. The van der Waals surface area contributed by atoms with Crippen LogP contribution in [0.1, 0.15) is 0 Å². The predicted octanol–water partition coefficient (Wildman–Crippen LogP) is 15.3. The Morgan fingerprint density at radius 3 is 1.60 bits per heavy atom. The van der Waals surface area contributed by atoms with E-state index in [1.807, 2.05) is 12.1 Å². The number of benzene rings is 10. The van der Waals surface area contributed by atoms with Gasteiger partial charge in [-0.15, -0.1) is 0 Å². The van der Waals surface area contributed by atoms with Crippen molar-refractivity contribution in [1.82, 2.24) is 24.1 Å². The van der Waals surface area contributed by atoms with E-state index in [-0.39, 0.29) is 0 Å². The first kappa shape index (κ1) is 35.7. The molecule has 14 aromatic rings. The first-order valence-electron chi connectivity index (χ1n) is 21.9. The maximum absolute atomic E-state index is 6.77. The lowest BCUT2D eigenvalue weighted by Gasteiger charge is -2.14. The molecule has 0 saturated heterocycles. The van der Waals surface area contributed by atoms with Gasteiger partial charge in [0.1, 0.15) is 11.2 Å². The number of para-hydroxylation sites is 4. The van der Waals surface area contributed by atoms with E-state index in [1.165, 1.54) is 21.5 Å². The Balaban J connectivity index is 1.05. The van der Waals surface area contributed by atoms with Crippen LogP contribution < -0.4 is 0 Å². The van der Waals surface area contributed by atoms with Gasteiger partial charge in [-0.05, 0) is 100 Å². The summed E-state index contributed by atoms with van der Waals surface area (Å²) in [6.07, 6.45) is 0. The van der Waals surface area contributed by atoms with Gasteiger partial charge < -0.3 is 13.6 Å². The zero-order chi connectivity index (χ0) is 42.6. The third-order valence-electron chi connectivity index (χ3n) is 13.1. The highest BCUT2D eigenvalue weighted by Gasteiger charge is 2.23. The van der Waals surface area contributed by atoms with Gasteiger partial charge in [0.05, 0.1) is 33.1 Å². The van der Waals surface area contributed by atoms with Gasteiger partial charge in [-0.25, -0.2) is 15.0 Å². The molecule has 6 heteroatoms. The molecule has 0 amide bonds.